The van der Waals surface area contributed by atoms with Crippen LogP contribution in [0.4, 0.5) is 0 Å². The van der Waals surface area contributed by atoms with Gasteiger partial charge in [-0.05, 0) is 36.0 Å². The summed E-state index contributed by atoms with van der Waals surface area (Å²) in [5.41, 5.74) is 0.370. The molecule has 3 aliphatic rings. The summed E-state index contributed by atoms with van der Waals surface area (Å²) in [4.78, 5) is 11.9. The van der Waals surface area contributed by atoms with Crippen LogP contribution in [-0.2, 0) is 4.79 Å². The Balaban J connectivity index is 2.04. The van der Waals surface area contributed by atoms with Crippen molar-refractivity contribution in [3.8, 4) is 0 Å². The summed E-state index contributed by atoms with van der Waals surface area (Å²) in [6.45, 7) is 4.73. The largest absolute Gasteiger partial charge is 0.299 e. The second-order valence-corrected chi connectivity index (χ2v) is 5.81. The van der Waals surface area contributed by atoms with Gasteiger partial charge in [0.15, 0.2) is 0 Å². The Morgan fingerprint density at radius 2 is 2.21 bits per heavy atom. The van der Waals surface area contributed by atoms with E-state index < -0.39 is 0 Å². The van der Waals surface area contributed by atoms with E-state index in [2.05, 4.69) is 26.0 Å². The molecule has 0 saturated heterocycles. The van der Waals surface area contributed by atoms with Gasteiger partial charge in [0.1, 0.15) is 5.78 Å². The third kappa shape index (κ3) is 0.838. The van der Waals surface area contributed by atoms with Gasteiger partial charge in [-0.3, -0.25) is 4.79 Å². The molecule has 4 atom stereocenters. The van der Waals surface area contributed by atoms with Crippen molar-refractivity contribution < 1.29 is 4.79 Å². The molecule has 2 fully saturated rings. The van der Waals surface area contributed by atoms with Crippen LogP contribution in [0.2, 0.25) is 0 Å². The third-order valence-corrected chi connectivity index (χ3v) is 5.00. The first kappa shape index (κ1) is 8.70. The highest BCUT2D eigenvalue weighted by molar-refractivity contribution is 5.84. The van der Waals surface area contributed by atoms with Crippen LogP contribution in [0.1, 0.15) is 33.1 Å². The predicted molar refractivity (Wildman–Crippen MR) is 55.7 cm³/mol. The van der Waals surface area contributed by atoms with Gasteiger partial charge in [0.2, 0.25) is 0 Å². The van der Waals surface area contributed by atoms with Crippen molar-refractivity contribution in [2.24, 2.45) is 29.1 Å². The van der Waals surface area contributed by atoms with E-state index in [-0.39, 0.29) is 0 Å². The average Bonchev–Trinajstić information content (AvgIpc) is 2.71. The van der Waals surface area contributed by atoms with Crippen molar-refractivity contribution in [2.45, 2.75) is 33.1 Å². The number of ketones is 1. The smallest absolute Gasteiger partial charge is 0.136 e. The maximum atomic E-state index is 11.9. The molecule has 0 radical (unpaired) electrons. The summed E-state index contributed by atoms with van der Waals surface area (Å²) in [5.74, 6) is 2.98. The molecule has 1 nitrogen and oxygen atoms in total. The van der Waals surface area contributed by atoms with Gasteiger partial charge in [-0.2, -0.15) is 0 Å². The van der Waals surface area contributed by atoms with Crippen molar-refractivity contribution in [1.82, 2.24) is 0 Å². The zero-order valence-electron chi connectivity index (χ0n) is 8.99. The van der Waals surface area contributed by atoms with Gasteiger partial charge in [0, 0.05) is 12.3 Å². The van der Waals surface area contributed by atoms with Crippen LogP contribution in [0.5, 0.6) is 0 Å². The summed E-state index contributed by atoms with van der Waals surface area (Å²) in [6, 6.07) is 0. The summed E-state index contributed by atoms with van der Waals surface area (Å²) in [6.07, 6.45) is 7.81. The first-order valence-electron chi connectivity index (χ1n) is 5.82. The second-order valence-electron chi connectivity index (χ2n) is 5.81. The minimum atomic E-state index is 0.370. The Bertz CT molecular complexity index is 313. The quantitative estimate of drug-likeness (QED) is 0.537. The number of Topliss-reactive ketones (excluding diaryl/α,β-unsaturated/α-hetero) is 1. The number of hydrogen-bond acceptors (Lipinski definition) is 1. The van der Waals surface area contributed by atoms with Gasteiger partial charge >= 0.3 is 0 Å². The first-order chi connectivity index (χ1) is 6.62. The van der Waals surface area contributed by atoms with Crippen LogP contribution in [0.15, 0.2) is 12.2 Å². The lowest BCUT2D eigenvalue weighted by Gasteiger charge is -2.30. The Labute approximate surface area is 85.6 Å². The monoisotopic (exact) mass is 190 g/mol. The van der Waals surface area contributed by atoms with Crippen LogP contribution in [-0.4, -0.2) is 5.78 Å². The van der Waals surface area contributed by atoms with Crippen molar-refractivity contribution >= 4 is 5.78 Å². The molecule has 0 aromatic heterocycles. The molecule has 0 amide bonds. The molecule has 0 aromatic rings. The Kier molecular flexibility index (Phi) is 1.55. The van der Waals surface area contributed by atoms with E-state index in [1.54, 1.807) is 0 Å². The normalized spacial score (nSPS) is 48.3. The standard InChI is InChI=1S/C13H18O/c1-13(2)9-5-3-4-8(9)12-10(13)6-7-11(12)14/h3,5,8-10,12H,4,6-7H2,1-2H3/t8-,9+,10-,12-/m1/s1. The molecule has 0 spiro atoms. The number of carbonyl (C=O) groups is 1. The first-order valence-corrected chi connectivity index (χ1v) is 5.82. The summed E-state index contributed by atoms with van der Waals surface area (Å²) >= 11 is 0. The van der Waals surface area contributed by atoms with Crippen molar-refractivity contribution in [2.75, 3.05) is 0 Å². The summed E-state index contributed by atoms with van der Waals surface area (Å²) in [5, 5.41) is 0. The van der Waals surface area contributed by atoms with Crippen LogP contribution in [0.25, 0.3) is 0 Å². The van der Waals surface area contributed by atoms with Crippen LogP contribution >= 0.6 is 0 Å². The molecule has 3 aliphatic carbocycles. The minimum absolute atomic E-state index is 0.370. The Morgan fingerprint density at radius 3 is 3.00 bits per heavy atom. The molecule has 0 unspecified atom stereocenters. The van der Waals surface area contributed by atoms with Gasteiger partial charge in [-0.1, -0.05) is 26.0 Å². The fourth-order valence-electron chi connectivity index (χ4n) is 4.33. The van der Waals surface area contributed by atoms with Gasteiger partial charge in [0.25, 0.3) is 0 Å². The number of carbonyl (C=O) groups excluding carboxylic acids is 1. The number of allylic oxidation sites excluding steroid dienone is 2. The Morgan fingerprint density at radius 1 is 1.43 bits per heavy atom. The van der Waals surface area contributed by atoms with Crippen LogP contribution < -0.4 is 0 Å². The molecule has 2 saturated carbocycles. The Hall–Kier alpha value is -0.590. The zero-order valence-corrected chi connectivity index (χ0v) is 8.99. The van der Waals surface area contributed by atoms with E-state index in [1.807, 2.05) is 0 Å². The molecule has 0 N–H and O–H groups in total. The molecule has 0 aliphatic heterocycles. The number of rotatable bonds is 0. The maximum absolute atomic E-state index is 11.9. The second kappa shape index (κ2) is 2.50. The maximum Gasteiger partial charge on any atom is 0.136 e. The molecular formula is C13H18O. The van der Waals surface area contributed by atoms with Gasteiger partial charge < -0.3 is 0 Å². The van der Waals surface area contributed by atoms with Crippen LogP contribution in [0.3, 0.4) is 0 Å². The van der Waals surface area contributed by atoms with E-state index in [1.165, 1.54) is 0 Å². The highest BCUT2D eigenvalue weighted by Gasteiger charge is 2.59. The summed E-state index contributed by atoms with van der Waals surface area (Å²) < 4.78 is 0. The highest BCUT2D eigenvalue weighted by Crippen LogP contribution is 2.62. The predicted octanol–water partition coefficient (Wildman–Crippen LogP) is 2.81. The van der Waals surface area contributed by atoms with E-state index in [9.17, 15) is 4.79 Å². The lowest BCUT2D eigenvalue weighted by Crippen LogP contribution is -2.24. The van der Waals surface area contributed by atoms with E-state index >= 15 is 0 Å². The molecule has 1 heteroatoms. The average molecular weight is 190 g/mol. The van der Waals surface area contributed by atoms with Gasteiger partial charge in [0.05, 0.1) is 0 Å². The number of hydrogen-bond donors (Lipinski definition) is 0. The fourth-order valence-corrected chi connectivity index (χ4v) is 4.33. The fraction of sp³-hybridized carbons (Fsp3) is 0.769. The number of fused-ring (bicyclic) bond motifs is 3. The van der Waals surface area contributed by atoms with Gasteiger partial charge in [-0.15, -0.1) is 0 Å². The van der Waals surface area contributed by atoms with E-state index in [4.69, 9.17) is 0 Å². The zero-order chi connectivity index (χ0) is 9.92. The lowest BCUT2D eigenvalue weighted by atomic mass is 9.74. The lowest BCUT2D eigenvalue weighted by molar-refractivity contribution is -0.122. The van der Waals surface area contributed by atoms with E-state index in [0.29, 0.717) is 34.9 Å². The van der Waals surface area contributed by atoms with Crippen molar-refractivity contribution in [3.05, 3.63) is 12.2 Å². The van der Waals surface area contributed by atoms with Crippen LogP contribution in [0, 0.1) is 29.1 Å². The molecule has 0 aromatic carbocycles. The highest BCUT2D eigenvalue weighted by atomic mass is 16.1. The molecule has 14 heavy (non-hydrogen) atoms. The van der Waals surface area contributed by atoms with Crippen molar-refractivity contribution in [3.63, 3.8) is 0 Å². The topological polar surface area (TPSA) is 17.1 Å². The SMILES string of the molecule is CC1(C)[C@@H]2CCC(=O)[C@@H]2[C@@H]2CC=C[C@@H]21. The molecular weight excluding hydrogens is 172 g/mol. The molecule has 0 heterocycles. The molecule has 3 rings (SSSR count). The van der Waals surface area contributed by atoms with Crippen molar-refractivity contribution in [1.29, 1.82) is 0 Å². The minimum Gasteiger partial charge on any atom is -0.299 e. The van der Waals surface area contributed by atoms with E-state index in [0.717, 1.165) is 19.3 Å². The molecule has 0 bridgehead atoms. The van der Waals surface area contributed by atoms with Gasteiger partial charge in [-0.25, -0.2) is 0 Å². The molecule has 76 valence electrons. The summed E-state index contributed by atoms with van der Waals surface area (Å²) in [7, 11) is 0. The third-order valence-electron chi connectivity index (χ3n) is 5.00.